The molecule has 0 saturated carbocycles. The summed E-state index contributed by atoms with van der Waals surface area (Å²) in [5.41, 5.74) is 2.06. The van der Waals surface area contributed by atoms with Crippen molar-refractivity contribution in [3.63, 3.8) is 0 Å². The zero-order valence-electron chi connectivity index (χ0n) is 11.6. The van der Waals surface area contributed by atoms with E-state index in [2.05, 4.69) is 20.8 Å². The van der Waals surface area contributed by atoms with Gasteiger partial charge >= 0.3 is 6.03 Å². The molecule has 0 radical (unpaired) electrons. The number of nitrogens with zero attached hydrogens (tertiary/aromatic N) is 2. The van der Waals surface area contributed by atoms with Crippen LogP contribution < -0.4 is 10.6 Å². The van der Waals surface area contributed by atoms with Crippen LogP contribution in [0.1, 0.15) is 24.8 Å². The maximum atomic E-state index is 11.4. The lowest BCUT2D eigenvalue weighted by Crippen LogP contribution is -2.35. The summed E-state index contributed by atoms with van der Waals surface area (Å²) in [6.45, 7) is 4.87. The van der Waals surface area contributed by atoms with Gasteiger partial charge in [-0.05, 0) is 13.3 Å². The molecule has 0 aliphatic carbocycles. The zero-order valence-corrected chi connectivity index (χ0v) is 11.6. The van der Waals surface area contributed by atoms with Crippen molar-refractivity contribution in [3.8, 4) is 11.4 Å². The minimum atomic E-state index is -0.234. The fraction of sp³-hybridized carbons (Fsp3) is 0.357. The SMILES string of the molecule is CCCNC(=O)NCc1nc(-c2ccc(C)cc2)no1. The van der Waals surface area contributed by atoms with E-state index in [1.807, 2.05) is 38.1 Å². The van der Waals surface area contributed by atoms with Gasteiger partial charge in [0.2, 0.25) is 11.7 Å². The molecule has 0 atom stereocenters. The van der Waals surface area contributed by atoms with Crippen LogP contribution in [0.3, 0.4) is 0 Å². The number of carbonyl (C=O) groups is 1. The van der Waals surface area contributed by atoms with Crippen molar-refractivity contribution in [1.29, 1.82) is 0 Å². The summed E-state index contributed by atoms with van der Waals surface area (Å²) in [6, 6.07) is 7.61. The van der Waals surface area contributed by atoms with Crippen LogP contribution in [0.5, 0.6) is 0 Å². The van der Waals surface area contributed by atoms with Crippen LogP contribution in [0.25, 0.3) is 11.4 Å². The summed E-state index contributed by atoms with van der Waals surface area (Å²) >= 11 is 0. The lowest BCUT2D eigenvalue weighted by molar-refractivity contribution is 0.238. The smallest absolute Gasteiger partial charge is 0.315 e. The molecule has 0 aliphatic heterocycles. The summed E-state index contributed by atoms with van der Waals surface area (Å²) in [7, 11) is 0. The third kappa shape index (κ3) is 3.81. The fourth-order valence-corrected chi connectivity index (χ4v) is 1.60. The number of amides is 2. The van der Waals surface area contributed by atoms with E-state index >= 15 is 0 Å². The van der Waals surface area contributed by atoms with Gasteiger partial charge < -0.3 is 15.2 Å². The first-order chi connectivity index (χ1) is 9.69. The molecule has 0 aliphatic rings. The number of urea groups is 1. The van der Waals surface area contributed by atoms with E-state index in [9.17, 15) is 4.79 Å². The Morgan fingerprint density at radius 3 is 2.70 bits per heavy atom. The van der Waals surface area contributed by atoms with Gasteiger partial charge in [0.25, 0.3) is 0 Å². The molecule has 6 nitrogen and oxygen atoms in total. The molecule has 20 heavy (non-hydrogen) atoms. The number of aryl methyl sites for hydroxylation is 1. The second-order valence-electron chi connectivity index (χ2n) is 4.49. The summed E-state index contributed by atoms with van der Waals surface area (Å²) < 4.78 is 5.10. The summed E-state index contributed by atoms with van der Waals surface area (Å²) in [5.74, 6) is 0.906. The average molecular weight is 274 g/mol. The molecular formula is C14H18N4O2. The van der Waals surface area contributed by atoms with Crippen molar-refractivity contribution in [3.05, 3.63) is 35.7 Å². The molecule has 0 saturated heterocycles. The van der Waals surface area contributed by atoms with Crippen LogP contribution >= 0.6 is 0 Å². The number of hydrogen-bond donors (Lipinski definition) is 2. The Bertz CT molecular complexity index is 563. The van der Waals surface area contributed by atoms with Gasteiger partial charge in [0.15, 0.2) is 0 Å². The number of carbonyl (C=O) groups excluding carboxylic acids is 1. The van der Waals surface area contributed by atoms with Gasteiger partial charge in [0, 0.05) is 12.1 Å². The van der Waals surface area contributed by atoms with E-state index in [1.54, 1.807) is 0 Å². The fourth-order valence-electron chi connectivity index (χ4n) is 1.60. The Morgan fingerprint density at radius 1 is 1.25 bits per heavy atom. The van der Waals surface area contributed by atoms with Gasteiger partial charge in [-0.1, -0.05) is 41.9 Å². The minimum absolute atomic E-state index is 0.217. The molecule has 1 aromatic carbocycles. The topological polar surface area (TPSA) is 80.0 Å². The first-order valence-electron chi connectivity index (χ1n) is 6.60. The first kappa shape index (κ1) is 14.0. The number of aromatic nitrogens is 2. The van der Waals surface area contributed by atoms with Crippen LogP contribution in [-0.4, -0.2) is 22.7 Å². The largest absolute Gasteiger partial charge is 0.338 e. The van der Waals surface area contributed by atoms with Crippen molar-refractivity contribution in [1.82, 2.24) is 20.8 Å². The zero-order chi connectivity index (χ0) is 14.4. The highest BCUT2D eigenvalue weighted by atomic mass is 16.5. The van der Waals surface area contributed by atoms with Gasteiger partial charge in [-0.15, -0.1) is 0 Å². The van der Waals surface area contributed by atoms with Crippen LogP contribution in [-0.2, 0) is 6.54 Å². The Balaban J connectivity index is 1.92. The van der Waals surface area contributed by atoms with Gasteiger partial charge in [0.05, 0.1) is 6.54 Å². The predicted octanol–water partition coefficient (Wildman–Crippen LogP) is 2.25. The van der Waals surface area contributed by atoms with E-state index in [4.69, 9.17) is 4.52 Å². The highest BCUT2D eigenvalue weighted by molar-refractivity contribution is 5.73. The van der Waals surface area contributed by atoms with Crippen molar-refractivity contribution in [2.75, 3.05) is 6.54 Å². The molecule has 2 N–H and O–H groups in total. The highest BCUT2D eigenvalue weighted by Crippen LogP contribution is 2.16. The maximum Gasteiger partial charge on any atom is 0.315 e. The molecule has 1 heterocycles. The Labute approximate surface area is 117 Å². The van der Waals surface area contributed by atoms with Crippen molar-refractivity contribution >= 4 is 6.03 Å². The number of hydrogen-bond acceptors (Lipinski definition) is 4. The Kier molecular flexibility index (Phi) is 4.70. The Morgan fingerprint density at radius 2 is 2.00 bits per heavy atom. The molecule has 1 aromatic heterocycles. The van der Waals surface area contributed by atoms with Crippen LogP contribution in [0, 0.1) is 6.92 Å². The van der Waals surface area contributed by atoms with E-state index in [0.29, 0.717) is 18.3 Å². The molecule has 2 amide bonds. The first-order valence-corrected chi connectivity index (χ1v) is 6.60. The molecule has 6 heteroatoms. The van der Waals surface area contributed by atoms with Crippen molar-refractivity contribution in [2.24, 2.45) is 0 Å². The number of nitrogens with one attached hydrogen (secondary N) is 2. The highest BCUT2D eigenvalue weighted by Gasteiger charge is 2.09. The molecule has 2 aromatic rings. The van der Waals surface area contributed by atoms with E-state index < -0.39 is 0 Å². The number of rotatable bonds is 5. The lowest BCUT2D eigenvalue weighted by atomic mass is 10.1. The molecule has 0 unspecified atom stereocenters. The van der Waals surface area contributed by atoms with Gasteiger partial charge in [-0.2, -0.15) is 4.98 Å². The minimum Gasteiger partial charge on any atom is -0.338 e. The number of benzene rings is 1. The quantitative estimate of drug-likeness (QED) is 0.876. The third-order valence-electron chi connectivity index (χ3n) is 2.71. The van der Waals surface area contributed by atoms with E-state index in [0.717, 1.165) is 12.0 Å². The molecule has 0 spiro atoms. The Hall–Kier alpha value is -2.37. The van der Waals surface area contributed by atoms with Gasteiger partial charge in [-0.25, -0.2) is 4.79 Å². The molecular weight excluding hydrogens is 256 g/mol. The van der Waals surface area contributed by atoms with Crippen molar-refractivity contribution < 1.29 is 9.32 Å². The lowest BCUT2D eigenvalue weighted by Gasteiger charge is -2.03. The third-order valence-corrected chi connectivity index (χ3v) is 2.71. The van der Waals surface area contributed by atoms with E-state index in [-0.39, 0.29) is 12.6 Å². The monoisotopic (exact) mass is 274 g/mol. The second-order valence-corrected chi connectivity index (χ2v) is 4.49. The summed E-state index contributed by atoms with van der Waals surface area (Å²) in [5, 5.41) is 9.27. The predicted molar refractivity (Wildman–Crippen MR) is 75.0 cm³/mol. The van der Waals surface area contributed by atoms with Gasteiger partial charge in [-0.3, -0.25) is 0 Å². The molecule has 106 valence electrons. The summed E-state index contributed by atoms with van der Waals surface area (Å²) in [6.07, 6.45) is 0.894. The second kappa shape index (κ2) is 6.70. The average Bonchev–Trinajstić information content (AvgIpc) is 2.92. The van der Waals surface area contributed by atoms with Crippen molar-refractivity contribution in [2.45, 2.75) is 26.8 Å². The normalized spacial score (nSPS) is 10.3. The molecule has 0 bridgehead atoms. The molecule has 2 rings (SSSR count). The standard InChI is InChI=1S/C14H18N4O2/c1-3-8-15-14(19)16-9-12-17-13(18-20-12)11-6-4-10(2)5-7-11/h4-7H,3,8-9H2,1-2H3,(H2,15,16,19). The van der Waals surface area contributed by atoms with Crippen LogP contribution in [0.2, 0.25) is 0 Å². The van der Waals surface area contributed by atoms with Crippen LogP contribution in [0.4, 0.5) is 4.79 Å². The van der Waals surface area contributed by atoms with Gasteiger partial charge in [0.1, 0.15) is 0 Å². The van der Waals surface area contributed by atoms with Crippen LogP contribution in [0.15, 0.2) is 28.8 Å². The van der Waals surface area contributed by atoms with E-state index in [1.165, 1.54) is 5.56 Å². The maximum absolute atomic E-state index is 11.4. The summed E-state index contributed by atoms with van der Waals surface area (Å²) in [4.78, 5) is 15.6. The molecule has 0 fully saturated rings.